The summed E-state index contributed by atoms with van der Waals surface area (Å²) < 4.78 is 0. The molecule has 0 aliphatic rings. The number of allylic oxidation sites excluding steroid dienone is 1. The molecule has 0 amide bonds. The minimum atomic E-state index is -0.116. The molecule has 0 radical (unpaired) electrons. The zero-order valence-electron chi connectivity index (χ0n) is 11.7. The molecule has 0 saturated heterocycles. The largest absolute Gasteiger partial charge is 2.00 e. The predicted octanol–water partition coefficient (Wildman–Crippen LogP) is 2.53. The molecule has 22 heavy (non-hydrogen) atoms. The van der Waals surface area contributed by atoms with Crippen LogP contribution in [0.25, 0.3) is 5.76 Å². The maximum atomic E-state index is 11.7. The molecule has 6 heteroatoms. The molecule has 4 nitrogen and oxygen atoms in total. The Hall–Kier alpha value is -2.01. The van der Waals surface area contributed by atoms with E-state index in [0.29, 0.717) is 10.6 Å². The molecule has 0 saturated carbocycles. The van der Waals surface area contributed by atoms with Gasteiger partial charge in [-0.3, -0.25) is 0 Å². The van der Waals surface area contributed by atoms with Crippen molar-refractivity contribution in [1.82, 2.24) is 6.15 Å². The Morgan fingerprint density at radius 3 is 1.95 bits per heavy atom. The van der Waals surface area contributed by atoms with E-state index in [0.717, 1.165) is 5.56 Å². The van der Waals surface area contributed by atoms with Gasteiger partial charge in [-0.25, -0.2) is 0 Å². The van der Waals surface area contributed by atoms with Gasteiger partial charge >= 0.3 is 16.5 Å². The van der Waals surface area contributed by atoms with E-state index in [1.54, 1.807) is 12.1 Å². The predicted molar refractivity (Wildman–Crippen MR) is 88.3 cm³/mol. The zero-order chi connectivity index (χ0) is 14.2. The molecule has 0 fully saturated rings. The Morgan fingerprint density at radius 2 is 1.41 bits per heavy atom. The molecule has 0 spiro atoms. The van der Waals surface area contributed by atoms with Crippen molar-refractivity contribution in [1.29, 1.82) is 0 Å². The summed E-state index contributed by atoms with van der Waals surface area (Å²) in [6.45, 7) is 0. The first kappa shape index (κ1) is 20.0. The smallest absolute Gasteiger partial charge is 0.872 e. The van der Waals surface area contributed by atoms with Crippen molar-refractivity contribution in [3.8, 4) is 0 Å². The van der Waals surface area contributed by atoms with Crippen molar-refractivity contribution in [2.75, 3.05) is 0 Å². The Morgan fingerprint density at radius 1 is 0.909 bits per heavy atom. The van der Waals surface area contributed by atoms with Crippen LogP contribution in [0.5, 0.6) is 0 Å². The van der Waals surface area contributed by atoms with E-state index in [1.807, 2.05) is 48.5 Å². The average Bonchev–Trinajstić information content (AvgIpc) is 2.53. The van der Waals surface area contributed by atoms with Crippen LogP contribution in [0.3, 0.4) is 0 Å². The van der Waals surface area contributed by atoms with Gasteiger partial charge in [0, 0.05) is 6.21 Å². The van der Waals surface area contributed by atoms with Crippen LogP contribution in [-0.4, -0.2) is 11.3 Å². The third-order valence-corrected chi connectivity index (χ3v) is 2.84. The molecule has 0 unspecified atom stereocenters. The van der Waals surface area contributed by atoms with Crippen LogP contribution in [0.1, 0.15) is 11.1 Å². The summed E-state index contributed by atoms with van der Waals surface area (Å²) in [7, 11) is 0. The van der Waals surface area contributed by atoms with Gasteiger partial charge in [0.05, 0.1) is 0 Å². The molecule has 3 N–H and O–H groups in total. The van der Waals surface area contributed by atoms with E-state index in [1.165, 1.54) is 12.3 Å². The molecule has 0 aliphatic carbocycles. The standard InChI is InChI=1S/C16H14N2OS.H3N.Ni/c19-15(13-7-3-1-4-8-13)11-12-17-18-16(20)14-9-5-2-6-10-14;;/h1-12,19H,(H,18,20);1H3;/q;;+2/p-2/b15-11-,17-12+;;. The normalized spacial score (nSPS) is 11.6. The fourth-order valence-corrected chi connectivity index (χ4v) is 1.71. The van der Waals surface area contributed by atoms with Gasteiger partial charge < -0.3 is 23.9 Å². The number of hydrogen-bond donors (Lipinski definition) is 1. The van der Waals surface area contributed by atoms with Gasteiger partial charge in [0.25, 0.3) is 0 Å². The second kappa shape index (κ2) is 10.7. The van der Waals surface area contributed by atoms with Gasteiger partial charge in [0.15, 0.2) is 0 Å². The van der Waals surface area contributed by atoms with Gasteiger partial charge in [-0.15, -0.1) is 5.76 Å². The van der Waals surface area contributed by atoms with Gasteiger partial charge in [0.1, 0.15) is 0 Å². The summed E-state index contributed by atoms with van der Waals surface area (Å²) in [5.41, 5.74) is 1.44. The summed E-state index contributed by atoms with van der Waals surface area (Å²) in [4.78, 5) is 0. The fraction of sp³-hybridized carbons (Fsp3) is 0. The van der Waals surface area contributed by atoms with E-state index in [-0.39, 0.29) is 28.4 Å². The van der Waals surface area contributed by atoms with Crippen LogP contribution >= 0.6 is 0 Å². The maximum Gasteiger partial charge on any atom is 2.00 e. The zero-order valence-corrected chi connectivity index (χ0v) is 13.5. The number of hydrogen-bond acceptors (Lipinski definition) is 5. The molecule has 0 bridgehead atoms. The monoisotopic (exact) mass is 355 g/mol. The van der Waals surface area contributed by atoms with Crippen molar-refractivity contribution in [2.45, 2.75) is 0 Å². The van der Waals surface area contributed by atoms with Crippen molar-refractivity contribution in [3.05, 3.63) is 77.9 Å². The second-order valence-corrected chi connectivity index (χ2v) is 4.32. The van der Waals surface area contributed by atoms with Crippen LogP contribution in [0.15, 0.2) is 76.9 Å². The third-order valence-electron chi connectivity index (χ3n) is 2.52. The molecule has 0 heterocycles. The van der Waals surface area contributed by atoms with E-state index >= 15 is 0 Å². The average molecular weight is 356 g/mol. The summed E-state index contributed by atoms with van der Waals surface area (Å²) in [6.07, 6.45) is 2.72. The molecule has 0 aromatic heterocycles. The number of nitrogens with zero attached hydrogens (tertiary/aromatic N) is 2. The summed E-state index contributed by atoms with van der Waals surface area (Å²) >= 11 is 5.11. The minimum absolute atomic E-state index is 0. The summed E-state index contributed by atoms with van der Waals surface area (Å²) in [6, 6.07) is 18.4. The van der Waals surface area contributed by atoms with Crippen molar-refractivity contribution in [2.24, 2.45) is 10.2 Å². The molecule has 2 rings (SSSR count). The van der Waals surface area contributed by atoms with Gasteiger partial charge in [0.2, 0.25) is 0 Å². The first-order valence-corrected chi connectivity index (χ1v) is 6.44. The van der Waals surface area contributed by atoms with E-state index in [2.05, 4.69) is 10.2 Å². The molecular formula is C16H15N3NiOS. The second-order valence-electron chi connectivity index (χ2n) is 3.93. The first-order valence-electron chi connectivity index (χ1n) is 6.03. The van der Waals surface area contributed by atoms with Gasteiger partial charge in [-0.1, -0.05) is 65.7 Å². The van der Waals surface area contributed by atoms with Crippen molar-refractivity contribution in [3.63, 3.8) is 0 Å². The number of benzene rings is 2. The molecule has 0 atom stereocenters. The summed E-state index contributed by atoms with van der Waals surface area (Å²) in [5.74, 6) is -0.116. The number of rotatable bonds is 4. The fourth-order valence-electron chi connectivity index (χ4n) is 1.52. The van der Waals surface area contributed by atoms with Crippen LogP contribution in [0, 0.1) is 0 Å². The molecule has 2 aromatic rings. The third kappa shape index (κ3) is 6.18. The topological polar surface area (TPSA) is 82.8 Å². The van der Waals surface area contributed by atoms with Crippen molar-refractivity contribution >= 4 is 29.6 Å². The molecule has 116 valence electrons. The van der Waals surface area contributed by atoms with Crippen LogP contribution in [-0.2, 0) is 29.1 Å². The Kier molecular flexibility index (Phi) is 9.71. The Balaban J connectivity index is 0.00000220. The van der Waals surface area contributed by atoms with E-state index in [9.17, 15) is 5.11 Å². The SMILES string of the molecule is N.[Ni+2].[O-]\C(=C/C=N/N=C(\[S-])c1ccccc1)c1ccccc1. The molecular weight excluding hydrogens is 341 g/mol. The molecule has 2 aromatic carbocycles. The van der Waals surface area contributed by atoms with E-state index in [4.69, 9.17) is 12.6 Å². The molecule has 0 aliphatic heterocycles. The minimum Gasteiger partial charge on any atom is -0.872 e. The van der Waals surface area contributed by atoms with Crippen LogP contribution in [0.4, 0.5) is 0 Å². The maximum absolute atomic E-state index is 11.7. The Bertz CT molecular complexity index is 585. The van der Waals surface area contributed by atoms with Crippen LogP contribution < -0.4 is 11.3 Å². The van der Waals surface area contributed by atoms with E-state index < -0.39 is 0 Å². The Labute approximate surface area is 145 Å². The van der Waals surface area contributed by atoms with Gasteiger partial charge in [-0.05, 0) is 17.2 Å². The van der Waals surface area contributed by atoms with Gasteiger partial charge in [-0.2, -0.15) is 10.2 Å². The van der Waals surface area contributed by atoms with Crippen molar-refractivity contribution < 1.29 is 21.6 Å². The summed E-state index contributed by atoms with van der Waals surface area (Å²) in [5, 5.41) is 19.8. The quantitative estimate of drug-likeness (QED) is 0.228. The van der Waals surface area contributed by atoms with Crippen LogP contribution in [0.2, 0.25) is 0 Å². The first-order chi connectivity index (χ1) is 9.77.